The molecule has 0 spiro atoms. The highest BCUT2D eigenvalue weighted by Crippen LogP contribution is 2.23. The molecule has 3 nitrogen and oxygen atoms in total. The molecule has 3 N–H and O–H groups in total. The number of anilines is 1. The number of ether oxygens (including phenoxy) is 1. The van der Waals surface area contributed by atoms with E-state index in [0.717, 1.165) is 0 Å². The molecule has 0 aliphatic carbocycles. The molecule has 1 rings (SSSR count). The van der Waals surface area contributed by atoms with E-state index in [1.807, 2.05) is 0 Å². The standard InChI is InChI=1S/C13H14ClFN2O/c1-3-4-5-13(9(2)14)18-10-6-7-12(17-16)11(15)8-10/h3-8,17H,1,16H2,2H3/b5-4-,13-9-. The predicted octanol–water partition coefficient (Wildman–Crippen LogP) is 3.70. The lowest BCUT2D eigenvalue weighted by atomic mass is 10.3. The molecule has 0 bridgehead atoms. The number of allylic oxidation sites excluding steroid dienone is 4. The molecule has 0 aliphatic rings. The molecule has 0 saturated heterocycles. The van der Waals surface area contributed by atoms with Crippen LogP contribution in [0.3, 0.4) is 0 Å². The third-order valence-corrected chi connectivity index (χ3v) is 2.23. The summed E-state index contributed by atoms with van der Waals surface area (Å²) >= 11 is 5.87. The summed E-state index contributed by atoms with van der Waals surface area (Å²) in [5.41, 5.74) is 2.43. The third kappa shape index (κ3) is 3.91. The quantitative estimate of drug-likeness (QED) is 0.370. The first-order valence-corrected chi connectivity index (χ1v) is 5.55. The number of nitrogen functional groups attached to an aromatic ring is 1. The highest BCUT2D eigenvalue weighted by Gasteiger charge is 2.05. The van der Waals surface area contributed by atoms with E-state index < -0.39 is 5.82 Å². The summed E-state index contributed by atoms with van der Waals surface area (Å²) in [4.78, 5) is 0. The number of halogens is 2. The van der Waals surface area contributed by atoms with Crippen LogP contribution in [-0.4, -0.2) is 0 Å². The first-order valence-electron chi connectivity index (χ1n) is 5.18. The molecule has 18 heavy (non-hydrogen) atoms. The highest BCUT2D eigenvalue weighted by molar-refractivity contribution is 6.29. The predicted molar refractivity (Wildman–Crippen MR) is 72.7 cm³/mol. The maximum absolute atomic E-state index is 13.4. The van der Waals surface area contributed by atoms with Gasteiger partial charge in [0.2, 0.25) is 0 Å². The summed E-state index contributed by atoms with van der Waals surface area (Å²) in [6.07, 6.45) is 4.90. The number of rotatable bonds is 5. The smallest absolute Gasteiger partial charge is 0.151 e. The lowest BCUT2D eigenvalue weighted by molar-refractivity contribution is 0.438. The summed E-state index contributed by atoms with van der Waals surface area (Å²) in [5, 5.41) is 0.453. The summed E-state index contributed by atoms with van der Waals surface area (Å²) in [6, 6.07) is 4.28. The van der Waals surface area contributed by atoms with Gasteiger partial charge in [0.05, 0.1) is 10.7 Å². The van der Waals surface area contributed by atoms with Crippen LogP contribution in [0.15, 0.2) is 53.8 Å². The van der Waals surface area contributed by atoms with Gasteiger partial charge in [-0.3, -0.25) is 5.84 Å². The Kier molecular flexibility index (Phi) is 5.42. The van der Waals surface area contributed by atoms with Gasteiger partial charge in [0, 0.05) is 6.07 Å². The maximum Gasteiger partial charge on any atom is 0.151 e. The number of hydrogen-bond donors (Lipinski definition) is 2. The van der Waals surface area contributed by atoms with E-state index >= 15 is 0 Å². The minimum atomic E-state index is -0.505. The second-order valence-electron chi connectivity index (χ2n) is 3.38. The van der Waals surface area contributed by atoms with E-state index in [0.29, 0.717) is 16.5 Å². The van der Waals surface area contributed by atoms with Crippen molar-refractivity contribution < 1.29 is 9.13 Å². The Morgan fingerprint density at radius 3 is 2.78 bits per heavy atom. The zero-order chi connectivity index (χ0) is 13.5. The topological polar surface area (TPSA) is 47.3 Å². The largest absolute Gasteiger partial charge is 0.456 e. The number of nitrogens with two attached hydrogens (primary N) is 1. The van der Waals surface area contributed by atoms with E-state index in [9.17, 15) is 4.39 Å². The van der Waals surface area contributed by atoms with Gasteiger partial charge in [-0.1, -0.05) is 30.3 Å². The molecule has 5 heteroatoms. The van der Waals surface area contributed by atoms with Crippen LogP contribution in [0.2, 0.25) is 0 Å². The molecular formula is C13H14ClFN2O. The van der Waals surface area contributed by atoms with Crippen molar-refractivity contribution in [2.24, 2.45) is 5.84 Å². The Morgan fingerprint density at radius 2 is 2.28 bits per heavy atom. The third-order valence-electron chi connectivity index (χ3n) is 2.05. The summed E-state index contributed by atoms with van der Waals surface area (Å²) in [6.45, 7) is 5.22. The zero-order valence-corrected chi connectivity index (χ0v) is 10.7. The van der Waals surface area contributed by atoms with E-state index in [1.54, 1.807) is 31.2 Å². The van der Waals surface area contributed by atoms with Crippen LogP contribution in [-0.2, 0) is 0 Å². The van der Waals surface area contributed by atoms with Crippen LogP contribution in [0.25, 0.3) is 0 Å². The molecular weight excluding hydrogens is 255 g/mol. The molecule has 0 aromatic heterocycles. The van der Waals surface area contributed by atoms with E-state index in [4.69, 9.17) is 22.2 Å². The Bertz CT molecular complexity index is 494. The van der Waals surface area contributed by atoms with Crippen LogP contribution in [0.4, 0.5) is 10.1 Å². The lowest BCUT2D eigenvalue weighted by Gasteiger charge is -2.09. The fourth-order valence-electron chi connectivity index (χ4n) is 1.18. The van der Waals surface area contributed by atoms with Crippen LogP contribution in [0.1, 0.15) is 6.92 Å². The van der Waals surface area contributed by atoms with Gasteiger partial charge in [0.25, 0.3) is 0 Å². The number of nitrogens with one attached hydrogen (secondary N) is 1. The van der Waals surface area contributed by atoms with Crippen molar-refractivity contribution in [2.45, 2.75) is 6.92 Å². The normalized spacial score (nSPS) is 12.2. The molecule has 0 amide bonds. The fourth-order valence-corrected chi connectivity index (χ4v) is 1.28. The van der Waals surface area contributed by atoms with Crippen molar-refractivity contribution in [1.29, 1.82) is 0 Å². The summed E-state index contributed by atoms with van der Waals surface area (Å²) in [5.74, 6) is 5.38. The Balaban J connectivity index is 2.95. The van der Waals surface area contributed by atoms with Gasteiger partial charge >= 0.3 is 0 Å². The minimum absolute atomic E-state index is 0.192. The molecule has 0 saturated carbocycles. The van der Waals surface area contributed by atoms with Gasteiger partial charge in [-0.25, -0.2) is 4.39 Å². The van der Waals surface area contributed by atoms with E-state index in [1.165, 1.54) is 12.1 Å². The van der Waals surface area contributed by atoms with Gasteiger partial charge in [-0.05, 0) is 25.1 Å². The van der Waals surface area contributed by atoms with Gasteiger partial charge in [0.1, 0.15) is 11.5 Å². The van der Waals surface area contributed by atoms with E-state index in [2.05, 4.69) is 12.0 Å². The number of hydrazine groups is 1. The maximum atomic E-state index is 13.4. The molecule has 1 aromatic rings. The van der Waals surface area contributed by atoms with Crippen LogP contribution >= 0.6 is 11.6 Å². The summed E-state index contributed by atoms with van der Waals surface area (Å²) < 4.78 is 18.9. The van der Waals surface area contributed by atoms with Crippen LogP contribution < -0.4 is 16.0 Å². The van der Waals surface area contributed by atoms with Gasteiger partial charge in [0.15, 0.2) is 5.82 Å². The average Bonchev–Trinajstić information content (AvgIpc) is 2.34. The minimum Gasteiger partial charge on any atom is -0.456 e. The molecule has 0 fully saturated rings. The van der Waals surface area contributed by atoms with Crippen molar-refractivity contribution in [2.75, 3.05) is 5.43 Å². The summed E-state index contributed by atoms with van der Waals surface area (Å²) in [7, 11) is 0. The van der Waals surface area contributed by atoms with Crippen LogP contribution in [0.5, 0.6) is 5.75 Å². The molecule has 0 unspecified atom stereocenters. The Morgan fingerprint density at radius 1 is 1.56 bits per heavy atom. The monoisotopic (exact) mass is 268 g/mol. The molecule has 1 aromatic carbocycles. The van der Waals surface area contributed by atoms with Gasteiger partial charge < -0.3 is 10.2 Å². The van der Waals surface area contributed by atoms with Crippen molar-refractivity contribution in [3.05, 3.63) is 59.6 Å². The molecule has 0 radical (unpaired) electrons. The first-order chi connectivity index (χ1) is 8.58. The Labute approximate surface area is 110 Å². The van der Waals surface area contributed by atoms with Crippen LogP contribution in [0, 0.1) is 5.82 Å². The zero-order valence-electron chi connectivity index (χ0n) is 9.91. The molecule has 0 heterocycles. The van der Waals surface area contributed by atoms with E-state index in [-0.39, 0.29) is 5.69 Å². The van der Waals surface area contributed by atoms with Crippen molar-refractivity contribution in [3.63, 3.8) is 0 Å². The van der Waals surface area contributed by atoms with Gasteiger partial charge in [-0.15, -0.1) is 0 Å². The number of benzene rings is 1. The second-order valence-corrected chi connectivity index (χ2v) is 3.95. The van der Waals surface area contributed by atoms with Crippen molar-refractivity contribution in [3.8, 4) is 5.75 Å². The molecule has 0 atom stereocenters. The highest BCUT2D eigenvalue weighted by atomic mass is 35.5. The average molecular weight is 269 g/mol. The molecule has 0 aliphatic heterocycles. The SMILES string of the molecule is C=C/C=C\C(Oc1ccc(NN)c(F)c1)=C(/C)Cl. The van der Waals surface area contributed by atoms with Crippen molar-refractivity contribution in [1.82, 2.24) is 0 Å². The van der Waals surface area contributed by atoms with Gasteiger partial charge in [-0.2, -0.15) is 0 Å². The second kappa shape index (κ2) is 6.83. The van der Waals surface area contributed by atoms with Crippen molar-refractivity contribution >= 4 is 17.3 Å². The first kappa shape index (κ1) is 14.3. The lowest BCUT2D eigenvalue weighted by Crippen LogP contribution is -2.08. The number of hydrogen-bond acceptors (Lipinski definition) is 3. The fraction of sp³-hybridized carbons (Fsp3) is 0.0769. The molecule has 96 valence electrons. The Hall–Kier alpha value is -1.78.